The Kier molecular flexibility index (Phi) is 7.46. The van der Waals surface area contributed by atoms with Crippen molar-refractivity contribution in [2.75, 3.05) is 11.5 Å². The minimum absolute atomic E-state index is 0.0197. The number of hydrogen-bond acceptors (Lipinski definition) is 3. The zero-order valence-electron chi connectivity index (χ0n) is 17.9. The molecule has 26 heavy (non-hydrogen) atoms. The van der Waals surface area contributed by atoms with E-state index in [0.717, 1.165) is 6.42 Å². The van der Waals surface area contributed by atoms with Crippen molar-refractivity contribution < 1.29 is 5.11 Å². The summed E-state index contributed by atoms with van der Waals surface area (Å²) in [6.45, 7) is 15.6. The molecule has 0 atom stereocenters. The molecule has 0 spiro atoms. The lowest BCUT2D eigenvalue weighted by Gasteiger charge is -2.39. The Morgan fingerprint density at radius 2 is 1.35 bits per heavy atom. The van der Waals surface area contributed by atoms with Crippen molar-refractivity contribution in [2.24, 2.45) is 0 Å². The Bertz CT molecular complexity index is 580. The second kappa shape index (κ2) is 8.82. The molecule has 0 aromatic heterocycles. The average Bonchev–Trinajstić information content (AvgIpc) is 2.50. The summed E-state index contributed by atoms with van der Waals surface area (Å²) in [6, 6.07) is 0. The van der Waals surface area contributed by atoms with Gasteiger partial charge in [0.15, 0.2) is 0 Å². The first kappa shape index (κ1) is 22.0. The summed E-state index contributed by atoms with van der Waals surface area (Å²) in [5, 5.41) is 11.0. The van der Waals surface area contributed by atoms with Crippen molar-refractivity contribution in [2.45, 2.75) is 108 Å². The SMILES string of the molecule is CCCCCCSCCCc1c2c(C(C)(C)C)c(O)c(C(C)(C)C)c1S2. The highest BCUT2D eigenvalue weighted by Gasteiger charge is 2.39. The molecule has 1 aromatic rings. The highest BCUT2D eigenvalue weighted by molar-refractivity contribution is 8.00. The van der Waals surface area contributed by atoms with Crippen LogP contribution in [0.1, 0.15) is 97.3 Å². The highest BCUT2D eigenvalue weighted by Crippen LogP contribution is 2.59. The van der Waals surface area contributed by atoms with E-state index < -0.39 is 0 Å². The molecule has 0 unspecified atom stereocenters. The fourth-order valence-electron chi connectivity index (χ4n) is 3.73. The first-order chi connectivity index (χ1) is 12.1. The van der Waals surface area contributed by atoms with Gasteiger partial charge in [-0.1, -0.05) is 79.5 Å². The van der Waals surface area contributed by atoms with Crippen molar-refractivity contribution in [3.63, 3.8) is 0 Å². The van der Waals surface area contributed by atoms with Crippen molar-refractivity contribution in [1.29, 1.82) is 0 Å². The molecule has 3 heteroatoms. The van der Waals surface area contributed by atoms with Gasteiger partial charge in [-0.15, -0.1) is 0 Å². The van der Waals surface area contributed by atoms with Gasteiger partial charge in [-0.05, 0) is 47.2 Å². The summed E-state index contributed by atoms with van der Waals surface area (Å²) in [5.74, 6) is 3.12. The molecule has 0 radical (unpaired) electrons. The molecule has 0 saturated heterocycles. The largest absolute Gasteiger partial charge is 0.507 e. The molecule has 3 rings (SSSR count). The number of benzene rings is 1. The van der Waals surface area contributed by atoms with Crippen LogP contribution in [0.5, 0.6) is 5.75 Å². The van der Waals surface area contributed by atoms with Gasteiger partial charge in [0.2, 0.25) is 0 Å². The van der Waals surface area contributed by atoms with E-state index in [-0.39, 0.29) is 10.8 Å². The number of phenolic OH excluding ortho intramolecular Hbond substituents is 1. The van der Waals surface area contributed by atoms with Crippen LogP contribution in [-0.4, -0.2) is 16.6 Å². The van der Waals surface area contributed by atoms with Crippen LogP contribution >= 0.6 is 23.5 Å². The molecular formula is C23H38OS2. The summed E-state index contributed by atoms with van der Waals surface area (Å²) in [6.07, 6.45) is 7.86. The minimum atomic E-state index is -0.0197. The van der Waals surface area contributed by atoms with Crippen LogP contribution in [0.4, 0.5) is 0 Å². The monoisotopic (exact) mass is 394 g/mol. The molecule has 2 aliphatic rings. The quantitative estimate of drug-likeness (QED) is 0.440. The molecule has 0 amide bonds. The first-order valence-corrected chi connectivity index (χ1v) is 12.2. The zero-order valence-corrected chi connectivity index (χ0v) is 19.6. The Morgan fingerprint density at radius 3 is 1.85 bits per heavy atom. The number of thioether (sulfide) groups is 1. The molecule has 0 aliphatic carbocycles. The van der Waals surface area contributed by atoms with Crippen LogP contribution in [0.25, 0.3) is 0 Å². The van der Waals surface area contributed by atoms with E-state index in [0.29, 0.717) is 5.75 Å². The number of aromatic hydroxyl groups is 1. The summed E-state index contributed by atoms with van der Waals surface area (Å²) in [4.78, 5) is 2.73. The lowest BCUT2D eigenvalue weighted by Crippen LogP contribution is -2.24. The van der Waals surface area contributed by atoms with Crippen molar-refractivity contribution in [1.82, 2.24) is 0 Å². The third-order valence-corrected chi connectivity index (χ3v) is 7.50. The van der Waals surface area contributed by atoms with E-state index >= 15 is 0 Å². The van der Waals surface area contributed by atoms with Gasteiger partial charge in [-0.25, -0.2) is 0 Å². The minimum Gasteiger partial charge on any atom is -0.507 e. The summed E-state index contributed by atoms with van der Waals surface area (Å²) < 4.78 is 0. The molecule has 2 heterocycles. The number of hydrogen-bond donors (Lipinski definition) is 1. The molecule has 148 valence electrons. The first-order valence-electron chi connectivity index (χ1n) is 10.3. The number of unbranched alkanes of at least 4 members (excludes halogenated alkanes) is 3. The molecule has 1 aromatic carbocycles. The summed E-state index contributed by atoms with van der Waals surface area (Å²) in [7, 11) is 0. The maximum Gasteiger partial charge on any atom is 0.125 e. The molecule has 2 aliphatic heterocycles. The van der Waals surface area contributed by atoms with Crippen molar-refractivity contribution >= 4 is 23.5 Å². The van der Waals surface area contributed by atoms with Gasteiger partial charge >= 0.3 is 0 Å². The average molecular weight is 395 g/mol. The summed E-state index contributed by atoms with van der Waals surface area (Å²) >= 11 is 4.02. The van der Waals surface area contributed by atoms with E-state index in [4.69, 9.17) is 0 Å². The highest BCUT2D eigenvalue weighted by atomic mass is 32.2. The zero-order chi connectivity index (χ0) is 19.5. The number of rotatable bonds is 9. The standard InChI is InChI=1S/C23H38OS2/c1-8-9-10-11-14-25-15-12-13-16-20-17(22(2,3)4)19(24)18(21(16)26-20)23(5,6)7/h24H,8-15H2,1-7H3. The predicted octanol–water partition coefficient (Wildman–Crippen LogP) is 7.70. The van der Waals surface area contributed by atoms with Gasteiger partial charge in [0, 0.05) is 20.9 Å². The van der Waals surface area contributed by atoms with E-state index in [1.165, 1.54) is 70.1 Å². The van der Waals surface area contributed by atoms with Gasteiger partial charge in [-0.3, -0.25) is 0 Å². The Hall–Kier alpha value is -0.280. The number of aryl methyl sites for hydroxylation is 1. The molecule has 1 nitrogen and oxygen atoms in total. The number of phenols is 1. The Balaban J connectivity index is 2.07. The molecular weight excluding hydrogens is 356 g/mol. The van der Waals surface area contributed by atoms with Crippen LogP contribution in [0.2, 0.25) is 0 Å². The van der Waals surface area contributed by atoms with Gasteiger partial charge in [0.1, 0.15) is 5.75 Å². The molecule has 0 fully saturated rings. The predicted molar refractivity (Wildman–Crippen MR) is 119 cm³/mol. The van der Waals surface area contributed by atoms with Gasteiger partial charge in [0.05, 0.1) is 0 Å². The maximum atomic E-state index is 11.0. The van der Waals surface area contributed by atoms with Crippen molar-refractivity contribution in [3.8, 4) is 5.75 Å². The fourth-order valence-corrected chi connectivity index (χ4v) is 6.40. The fraction of sp³-hybridized carbons (Fsp3) is 0.739. The van der Waals surface area contributed by atoms with E-state index in [1.54, 1.807) is 0 Å². The summed E-state index contributed by atoms with van der Waals surface area (Å²) in [5.41, 5.74) is 3.82. The topological polar surface area (TPSA) is 20.2 Å². The van der Waals surface area contributed by atoms with Crippen LogP contribution < -0.4 is 0 Å². The van der Waals surface area contributed by atoms with Crippen LogP contribution in [0.15, 0.2) is 9.79 Å². The third-order valence-electron chi connectivity index (χ3n) is 5.04. The smallest absolute Gasteiger partial charge is 0.125 e. The van der Waals surface area contributed by atoms with Crippen LogP contribution in [0.3, 0.4) is 0 Å². The lowest BCUT2D eigenvalue weighted by atomic mass is 9.77. The van der Waals surface area contributed by atoms with E-state index in [9.17, 15) is 5.11 Å². The molecule has 1 N–H and O–H groups in total. The Morgan fingerprint density at radius 1 is 0.808 bits per heavy atom. The molecule has 2 bridgehead atoms. The third kappa shape index (κ3) is 4.95. The Labute approximate surface area is 170 Å². The molecule has 0 saturated carbocycles. The number of fused-ring (bicyclic) bond motifs is 2. The van der Waals surface area contributed by atoms with Gasteiger partial charge in [-0.2, -0.15) is 11.8 Å². The van der Waals surface area contributed by atoms with Gasteiger partial charge < -0.3 is 5.11 Å². The second-order valence-electron chi connectivity index (χ2n) is 9.61. The normalized spacial score (nSPS) is 13.8. The van der Waals surface area contributed by atoms with E-state index in [1.807, 2.05) is 11.8 Å². The lowest BCUT2D eigenvalue weighted by molar-refractivity contribution is 0.409. The second-order valence-corrected chi connectivity index (χ2v) is 11.9. The van der Waals surface area contributed by atoms with Crippen LogP contribution in [-0.2, 0) is 17.3 Å². The maximum absolute atomic E-state index is 11.0. The van der Waals surface area contributed by atoms with Gasteiger partial charge in [0.25, 0.3) is 0 Å². The van der Waals surface area contributed by atoms with Crippen molar-refractivity contribution in [3.05, 3.63) is 16.7 Å². The van der Waals surface area contributed by atoms with E-state index in [2.05, 4.69) is 60.2 Å². The van der Waals surface area contributed by atoms with Crippen LogP contribution in [0, 0.1) is 0 Å².